The summed E-state index contributed by atoms with van der Waals surface area (Å²) in [5.74, 6) is 0.120. The minimum absolute atomic E-state index is 0.0656. The maximum Gasteiger partial charge on any atom is 0.256 e. The van der Waals surface area contributed by atoms with E-state index in [4.69, 9.17) is 0 Å². The molecule has 1 fully saturated rings. The summed E-state index contributed by atoms with van der Waals surface area (Å²) >= 11 is 3.53. The number of piperazine rings is 1. The lowest BCUT2D eigenvalue weighted by Crippen LogP contribution is -2.55. The number of amides is 2. The number of carbonyl (C=O) groups excluding carboxylic acids is 2. The molecule has 0 spiro atoms. The third-order valence-corrected chi connectivity index (χ3v) is 6.94. The Morgan fingerprint density at radius 3 is 2.36 bits per heavy atom. The smallest absolute Gasteiger partial charge is 0.256 e. The first-order valence-corrected chi connectivity index (χ1v) is 13.0. The average molecular weight is 550 g/mol. The highest BCUT2D eigenvalue weighted by Crippen LogP contribution is 2.41. The van der Waals surface area contributed by atoms with Crippen molar-refractivity contribution in [3.05, 3.63) is 75.5 Å². The highest BCUT2D eigenvalue weighted by molar-refractivity contribution is 9.10. The first kappa shape index (κ1) is 25.9. The molecule has 36 heavy (non-hydrogen) atoms. The Morgan fingerprint density at radius 1 is 1.06 bits per heavy atom. The molecule has 2 atom stereocenters. The van der Waals surface area contributed by atoms with Crippen LogP contribution in [0.3, 0.4) is 0 Å². The number of rotatable bonds is 2. The molecule has 3 N–H and O–H groups in total. The molecule has 5 rings (SSSR count). The zero-order chi connectivity index (χ0) is 26.0. The minimum atomic E-state index is -0.0656. The molecule has 0 aliphatic carbocycles. The molecule has 0 saturated carbocycles. The fourth-order valence-electron chi connectivity index (χ4n) is 4.91. The quantitative estimate of drug-likeness (QED) is 0.356. The minimum Gasteiger partial charge on any atom is -0.359 e. The van der Waals surface area contributed by atoms with E-state index in [-0.39, 0.29) is 11.8 Å². The average Bonchev–Trinajstić information content (AvgIpc) is 3.30. The van der Waals surface area contributed by atoms with Gasteiger partial charge in [-0.2, -0.15) is 0 Å². The molecule has 2 aliphatic rings. The highest BCUT2D eigenvalue weighted by atomic mass is 79.9. The number of nitrogens with zero attached hydrogens (tertiary/aromatic N) is 1. The second-order valence-electron chi connectivity index (χ2n) is 9.69. The predicted molar refractivity (Wildman–Crippen MR) is 151 cm³/mol. The Balaban J connectivity index is 0.000000233. The van der Waals surface area contributed by atoms with Gasteiger partial charge in [0.05, 0.1) is 5.57 Å². The van der Waals surface area contributed by atoms with E-state index in [1.54, 1.807) is 6.92 Å². The van der Waals surface area contributed by atoms with E-state index in [2.05, 4.69) is 69.7 Å². The fraction of sp³-hybridized carbons (Fsp3) is 0.310. The number of aromatic nitrogens is 1. The molecule has 1 aromatic heterocycles. The second kappa shape index (κ2) is 10.8. The van der Waals surface area contributed by atoms with Crippen LogP contribution in [0.5, 0.6) is 0 Å². The third kappa shape index (κ3) is 5.79. The topological polar surface area (TPSA) is 77.2 Å². The Hall–Kier alpha value is -3.16. The molecule has 1 saturated heterocycles. The van der Waals surface area contributed by atoms with Crippen LogP contribution >= 0.6 is 15.9 Å². The summed E-state index contributed by atoms with van der Waals surface area (Å²) in [5, 5.41) is 6.36. The molecule has 2 amide bonds. The molecule has 3 heterocycles. The van der Waals surface area contributed by atoms with Crippen LogP contribution in [-0.4, -0.2) is 46.9 Å². The van der Waals surface area contributed by atoms with Crippen molar-refractivity contribution in [2.24, 2.45) is 0 Å². The first-order valence-electron chi connectivity index (χ1n) is 12.2. The van der Waals surface area contributed by atoms with Gasteiger partial charge in [0, 0.05) is 59.2 Å². The van der Waals surface area contributed by atoms with Crippen LogP contribution in [0, 0.1) is 13.8 Å². The molecular weight excluding hydrogens is 516 g/mol. The van der Waals surface area contributed by atoms with Crippen LogP contribution in [0.2, 0.25) is 0 Å². The van der Waals surface area contributed by atoms with Gasteiger partial charge in [0.2, 0.25) is 5.91 Å². The van der Waals surface area contributed by atoms with E-state index < -0.39 is 0 Å². The van der Waals surface area contributed by atoms with Gasteiger partial charge in [-0.25, -0.2) is 0 Å². The number of fused-ring (bicyclic) bond motifs is 1. The lowest BCUT2D eigenvalue weighted by Gasteiger charge is -2.35. The van der Waals surface area contributed by atoms with Crippen molar-refractivity contribution < 1.29 is 9.59 Å². The van der Waals surface area contributed by atoms with Crippen molar-refractivity contribution in [2.45, 2.75) is 46.7 Å². The maximum atomic E-state index is 12.6. The van der Waals surface area contributed by atoms with Crippen molar-refractivity contribution in [1.29, 1.82) is 0 Å². The van der Waals surface area contributed by atoms with Gasteiger partial charge in [0.1, 0.15) is 0 Å². The molecule has 2 aliphatic heterocycles. The Labute approximate surface area is 221 Å². The van der Waals surface area contributed by atoms with Gasteiger partial charge < -0.3 is 20.5 Å². The molecule has 2 aromatic carbocycles. The van der Waals surface area contributed by atoms with E-state index in [9.17, 15) is 9.59 Å². The number of H-pyrrole nitrogens is 1. The summed E-state index contributed by atoms with van der Waals surface area (Å²) in [6.45, 7) is 11.6. The largest absolute Gasteiger partial charge is 0.359 e. The van der Waals surface area contributed by atoms with Crippen molar-refractivity contribution in [1.82, 2.24) is 15.2 Å². The molecule has 6 nitrogen and oxygen atoms in total. The van der Waals surface area contributed by atoms with Crippen LogP contribution in [-0.2, 0) is 9.59 Å². The van der Waals surface area contributed by atoms with Crippen molar-refractivity contribution in [2.75, 3.05) is 18.4 Å². The number of hydrogen-bond acceptors (Lipinski definition) is 3. The Kier molecular flexibility index (Phi) is 7.81. The van der Waals surface area contributed by atoms with Gasteiger partial charge in [-0.1, -0.05) is 40.2 Å². The van der Waals surface area contributed by atoms with Crippen molar-refractivity contribution >= 4 is 45.1 Å². The molecule has 3 aromatic rings. The van der Waals surface area contributed by atoms with Crippen molar-refractivity contribution in [3.8, 4) is 11.1 Å². The lowest BCUT2D eigenvalue weighted by atomic mass is 9.94. The summed E-state index contributed by atoms with van der Waals surface area (Å²) < 4.78 is 1.02. The van der Waals surface area contributed by atoms with Crippen molar-refractivity contribution in [3.63, 3.8) is 0 Å². The van der Waals surface area contributed by atoms with E-state index in [1.165, 1.54) is 0 Å². The summed E-state index contributed by atoms with van der Waals surface area (Å²) in [6.07, 6.45) is 1.95. The summed E-state index contributed by atoms with van der Waals surface area (Å²) in [6, 6.07) is 17.1. The Morgan fingerprint density at radius 2 is 1.75 bits per heavy atom. The maximum absolute atomic E-state index is 12.6. The summed E-state index contributed by atoms with van der Waals surface area (Å²) in [7, 11) is 0. The van der Waals surface area contributed by atoms with E-state index >= 15 is 0 Å². The molecule has 0 bridgehead atoms. The number of aryl methyl sites for hydroxylation is 2. The first-order chi connectivity index (χ1) is 17.1. The second-order valence-corrected chi connectivity index (χ2v) is 10.6. The van der Waals surface area contributed by atoms with Crippen LogP contribution in [0.15, 0.2) is 53.0 Å². The van der Waals surface area contributed by atoms with E-state index in [1.807, 2.05) is 49.1 Å². The highest BCUT2D eigenvalue weighted by Gasteiger charge is 2.27. The van der Waals surface area contributed by atoms with E-state index in [0.717, 1.165) is 56.9 Å². The molecule has 0 radical (unpaired) electrons. The number of carbonyl (C=O) groups is 2. The lowest BCUT2D eigenvalue weighted by molar-refractivity contribution is -0.130. The standard InChI is InChI=1S/C21H17BrN2O.C8H16N2O/c1-12-9-13(2)23-19(12)11-17-20-16(14-5-3-6-15(22)10-14)7-4-8-18(20)24-21(17)25;1-6-4-10(8(3)11)5-7(2)9-6/h3-11,23H,1-2H3,(H,24,25);6-7,9H,4-5H2,1-3H3/b17-11-;/t;6-,7+. The SMILES string of the molecule is CC(=O)N1C[C@@H](C)N[C@@H](C)C1.Cc1cc(C)c(/C=C2\C(=O)Nc3cccc(-c4cccc(Br)c4)c32)[nH]1. The van der Waals surface area contributed by atoms with Crippen LogP contribution < -0.4 is 10.6 Å². The molecular formula is C29H33BrN4O2. The summed E-state index contributed by atoms with van der Waals surface area (Å²) in [5.41, 5.74) is 7.81. The normalized spacial score (nSPS) is 20.0. The number of hydrogen-bond donors (Lipinski definition) is 3. The number of nitrogens with one attached hydrogen (secondary N) is 3. The number of halogens is 1. The van der Waals surface area contributed by atoms with Gasteiger partial charge in [-0.15, -0.1) is 0 Å². The number of anilines is 1. The van der Waals surface area contributed by atoms with Gasteiger partial charge in [0.15, 0.2) is 0 Å². The van der Waals surface area contributed by atoms with Gasteiger partial charge >= 0.3 is 0 Å². The van der Waals surface area contributed by atoms with Gasteiger partial charge in [-0.05, 0) is 74.7 Å². The predicted octanol–water partition coefficient (Wildman–Crippen LogP) is 5.77. The number of aromatic amines is 1. The van der Waals surface area contributed by atoms with Crippen LogP contribution in [0.25, 0.3) is 22.8 Å². The third-order valence-electron chi connectivity index (χ3n) is 6.44. The van der Waals surface area contributed by atoms with Gasteiger partial charge in [0.25, 0.3) is 5.91 Å². The van der Waals surface area contributed by atoms with Crippen LogP contribution in [0.4, 0.5) is 5.69 Å². The Bertz CT molecular complexity index is 1320. The molecule has 0 unspecified atom stereocenters. The van der Waals surface area contributed by atoms with Crippen LogP contribution in [0.1, 0.15) is 43.3 Å². The summed E-state index contributed by atoms with van der Waals surface area (Å²) in [4.78, 5) is 28.8. The number of benzene rings is 2. The van der Waals surface area contributed by atoms with Gasteiger partial charge in [-0.3, -0.25) is 9.59 Å². The fourth-order valence-corrected chi connectivity index (χ4v) is 5.31. The van der Waals surface area contributed by atoms with E-state index in [0.29, 0.717) is 17.7 Å². The molecule has 188 valence electrons. The zero-order valence-electron chi connectivity index (χ0n) is 21.4. The zero-order valence-corrected chi connectivity index (χ0v) is 23.0. The molecule has 7 heteroatoms. The monoisotopic (exact) mass is 548 g/mol.